The number of carbonyl (C=O) groups is 1. The molecule has 6 nitrogen and oxygen atoms in total. The second kappa shape index (κ2) is 6.58. The first kappa shape index (κ1) is 17.0. The highest BCUT2D eigenvalue weighted by Gasteiger charge is 2.26. The van der Waals surface area contributed by atoms with Crippen molar-refractivity contribution in [2.75, 3.05) is 5.32 Å². The van der Waals surface area contributed by atoms with E-state index in [-0.39, 0.29) is 11.8 Å². The minimum atomic E-state index is -0.979. The van der Waals surface area contributed by atoms with Crippen LogP contribution in [0.25, 0.3) is 0 Å². The molecule has 0 saturated heterocycles. The average Bonchev–Trinajstić information content (AvgIpc) is 3.16. The summed E-state index contributed by atoms with van der Waals surface area (Å²) in [4.78, 5) is 22.2. The second-order valence-corrected chi connectivity index (χ2v) is 7.54. The molecule has 0 aromatic carbocycles. The maximum atomic E-state index is 12.8. The third-order valence-electron chi connectivity index (χ3n) is 3.95. The van der Waals surface area contributed by atoms with Crippen molar-refractivity contribution in [3.63, 3.8) is 0 Å². The Kier molecular flexibility index (Phi) is 4.67. The van der Waals surface area contributed by atoms with Crippen LogP contribution in [0.4, 0.5) is 5.82 Å². The van der Waals surface area contributed by atoms with Crippen molar-refractivity contribution < 1.29 is 15.0 Å². The van der Waals surface area contributed by atoms with Crippen LogP contribution in [0.15, 0.2) is 24.7 Å². The molecule has 0 unspecified atom stereocenters. The molecule has 0 spiro atoms. The number of ketones is 1. The number of aliphatic hydroxyl groups is 2. The number of thiophene rings is 1. The first-order valence-corrected chi connectivity index (χ1v) is 8.61. The lowest BCUT2D eigenvalue weighted by Crippen LogP contribution is -2.20. The summed E-state index contributed by atoms with van der Waals surface area (Å²) in [5.74, 6) is 0.293. The Labute approximate surface area is 144 Å². The van der Waals surface area contributed by atoms with Crippen molar-refractivity contribution in [1.29, 1.82) is 0 Å². The van der Waals surface area contributed by atoms with E-state index in [1.807, 2.05) is 6.42 Å². The monoisotopic (exact) mass is 346 g/mol. The normalized spacial score (nSPS) is 21.0. The molecule has 1 saturated carbocycles. The number of aromatic nitrogens is 2. The van der Waals surface area contributed by atoms with E-state index in [9.17, 15) is 15.0 Å². The molecule has 3 rings (SSSR count). The Bertz CT molecular complexity index is 739. The number of carbonyl (C=O) groups excluding carboxylic acids is 1. The van der Waals surface area contributed by atoms with E-state index >= 15 is 0 Å². The van der Waals surface area contributed by atoms with Gasteiger partial charge in [-0.05, 0) is 45.2 Å². The van der Waals surface area contributed by atoms with Gasteiger partial charge in [-0.1, -0.05) is 0 Å². The lowest BCUT2D eigenvalue weighted by atomic mass is 10.1. The molecule has 0 amide bonds. The fourth-order valence-electron chi connectivity index (χ4n) is 2.65. The Hall–Kier alpha value is -1.83. The number of hydrogen-bond acceptors (Lipinski definition) is 7. The van der Waals surface area contributed by atoms with Crippen LogP contribution in [0.3, 0.4) is 0 Å². The number of nitrogens with zero attached hydrogens (tertiary/aromatic N) is 2. The SMILES string of the molecule is CC(C)(O)c1ccc(C(=O)c2cncnc2N[C@@H]2C[CH][C@H](O)C2)s1. The molecular weight excluding hydrogens is 326 g/mol. The van der Waals surface area contributed by atoms with E-state index in [1.54, 1.807) is 26.0 Å². The Morgan fingerprint density at radius 2 is 2.21 bits per heavy atom. The van der Waals surface area contributed by atoms with Gasteiger partial charge in [0.25, 0.3) is 0 Å². The molecular formula is C17H20N3O3S. The topological polar surface area (TPSA) is 95.3 Å². The molecule has 0 aliphatic heterocycles. The molecule has 1 fully saturated rings. The summed E-state index contributed by atoms with van der Waals surface area (Å²) < 4.78 is 0. The minimum Gasteiger partial charge on any atom is -0.393 e. The predicted octanol–water partition coefficient (Wildman–Crippen LogP) is 2.14. The fraction of sp³-hybridized carbons (Fsp3) is 0.412. The maximum absolute atomic E-state index is 12.8. The molecule has 2 aromatic heterocycles. The first-order chi connectivity index (χ1) is 11.3. The quantitative estimate of drug-likeness (QED) is 0.718. The first-order valence-electron chi connectivity index (χ1n) is 7.80. The number of rotatable bonds is 5. The van der Waals surface area contributed by atoms with E-state index in [0.29, 0.717) is 22.7 Å². The maximum Gasteiger partial charge on any atom is 0.208 e. The molecule has 7 heteroatoms. The van der Waals surface area contributed by atoms with Crippen molar-refractivity contribution in [3.8, 4) is 0 Å². The van der Waals surface area contributed by atoms with E-state index in [2.05, 4.69) is 15.3 Å². The smallest absolute Gasteiger partial charge is 0.208 e. The van der Waals surface area contributed by atoms with Crippen LogP contribution in [0.2, 0.25) is 0 Å². The zero-order valence-corrected chi connectivity index (χ0v) is 14.4. The van der Waals surface area contributed by atoms with Gasteiger partial charge in [-0.2, -0.15) is 0 Å². The zero-order valence-electron chi connectivity index (χ0n) is 13.6. The summed E-state index contributed by atoms with van der Waals surface area (Å²) in [7, 11) is 0. The van der Waals surface area contributed by atoms with Crippen LogP contribution in [0, 0.1) is 6.42 Å². The van der Waals surface area contributed by atoms with E-state index < -0.39 is 11.7 Å². The minimum absolute atomic E-state index is 0.0525. The third-order valence-corrected chi connectivity index (χ3v) is 5.35. The van der Waals surface area contributed by atoms with Gasteiger partial charge in [0.05, 0.1) is 22.1 Å². The van der Waals surface area contributed by atoms with Crippen molar-refractivity contribution in [2.45, 2.75) is 44.4 Å². The highest BCUT2D eigenvalue weighted by Crippen LogP contribution is 2.30. The molecule has 1 aliphatic rings. The predicted molar refractivity (Wildman–Crippen MR) is 92.0 cm³/mol. The molecule has 2 atom stereocenters. The van der Waals surface area contributed by atoms with Crippen LogP contribution >= 0.6 is 11.3 Å². The summed E-state index contributed by atoms with van der Waals surface area (Å²) in [5.41, 5.74) is -0.587. The van der Waals surface area contributed by atoms with Gasteiger partial charge in [0, 0.05) is 17.1 Å². The lowest BCUT2D eigenvalue weighted by molar-refractivity contribution is 0.0825. The number of hydrogen-bond donors (Lipinski definition) is 3. The van der Waals surface area contributed by atoms with Crippen molar-refractivity contribution >= 4 is 22.9 Å². The number of aliphatic hydroxyl groups excluding tert-OH is 1. The van der Waals surface area contributed by atoms with Gasteiger partial charge in [0.2, 0.25) is 5.78 Å². The summed E-state index contributed by atoms with van der Waals surface area (Å²) in [6.07, 6.45) is 5.63. The van der Waals surface area contributed by atoms with Gasteiger partial charge in [-0.25, -0.2) is 9.97 Å². The Morgan fingerprint density at radius 1 is 1.42 bits per heavy atom. The second-order valence-electron chi connectivity index (χ2n) is 6.45. The van der Waals surface area contributed by atoms with E-state index in [4.69, 9.17) is 0 Å². The molecule has 24 heavy (non-hydrogen) atoms. The molecule has 0 bridgehead atoms. The van der Waals surface area contributed by atoms with Crippen molar-refractivity contribution in [1.82, 2.24) is 9.97 Å². The van der Waals surface area contributed by atoms with Gasteiger partial charge in [0.1, 0.15) is 12.1 Å². The lowest BCUT2D eigenvalue weighted by Gasteiger charge is -2.15. The highest BCUT2D eigenvalue weighted by atomic mass is 32.1. The van der Waals surface area contributed by atoms with E-state index in [0.717, 1.165) is 11.3 Å². The summed E-state index contributed by atoms with van der Waals surface area (Å²) in [6.45, 7) is 3.38. The highest BCUT2D eigenvalue weighted by molar-refractivity contribution is 7.14. The van der Waals surface area contributed by atoms with E-state index in [1.165, 1.54) is 23.9 Å². The summed E-state index contributed by atoms with van der Waals surface area (Å²) in [6, 6.07) is 3.53. The molecule has 127 valence electrons. The van der Waals surface area contributed by atoms with Gasteiger partial charge in [0.15, 0.2) is 0 Å². The van der Waals surface area contributed by atoms with Crippen molar-refractivity contribution in [2.24, 2.45) is 0 Å². The Balaban J connectivity index is 1.83. The molecule has 2 heterocycles. The number of anilines is 1. The largest absolute Gasteiger partial charge is 0.393 e. The summed E-state index contributed by atoms with van der Waals surface area (Å²) >= 11 is 1.27. The van der Waals surface area contributed by atoms with Gasteiger partial charge in [-0.15, -0.1) is 11.3 Å². The van der Waals surface area contributed by atoms with Crippen LogP contribution in [-0.2, 0) is 5.60 Å². The Morgan fingerprint density at radius 3 is 2.83 bits per heavy atom. The fourth-order valence-corrected chi connectivity index (χ4v) is 3.61. The van der Waals surface area contributed by atoms with Crippen LogP contribution < -0.4 is 5.32 Å². The van der Waals surface area contributed by atoms with Gasteiger partial charge < -0.3 is 15.5 Å². The average molecular weight is 346 g/mol. The molecule has 1 aliphatic carbocycles. The summed E-state index contributed by atoms with van der Waals surface area (Å²) in [5, 5.41) is 22.9. The zero-order chi connectivity index (χ0) is 17.3. The van der Waals surface area contributed by atoms with Crippen molar-refractivity contribution in [3.05, 3.63) is 46.4 Å². The van der Waals surface area contributed by atoms with Gasteiger partial charge >= 0.3 is 0 Å². The number of nitrogens with one attached hydrogen (secondary N) is 1. The van der Waals surface area contributed by atoms with Gasteiger partial charge in [-0.3, -0.25) is 4.79 Å². The molecule has 2 aromatic rings. The van der Waals surface area contributed by atoms with Crippen LogP contribution in [0.1, 0.15) is 46.8 Å². The molecule has 3 N–H and O–H groups in total. The standard InChI is InChI=1S/C17H20N3O3S/c1-17(2,23)14-6-5-13(24-14)15(22)12-8-18-9-19-16(12)20-10-3-4-11(21)7-10/h4-6,8-11,21,23H,3,7H2,1-2H3,(H,18,19,20)/t10-,11+/m1/s1. The van der Waals surface area contributed by atoms with Crippen LogP contribution in [0.5, 0.6) is 0 Å². The third kappa shape index (κ3) is 3.63. The van der Waals surface area contributed by atoms with Crippen LogP contribution in [-0.4, -0.2) is 38.1 Å². The molecule has 1 radical (unpaired) electrons.